The number of amides is 1. The molecule has 0 saturated heterocycles. The number of rotatable bonds is 5. The molecule has 0 unspecified atom stereocenters. The highest BCUT2D eigenvalue weighted by atomic mass is 19.4. The molecule has 0 bridgehead atoms. The zero-order chi connectivity index (χ0) is 15.9. The van der Waals surface area contributed by atoms with Crippen molar-refractivity contribution >= 4 is 17.4 Å². The number of allylic oxidation sites excluding steroid dienone is 1. The van der Waals surface area contributed by atoms with E-state index < -0.39 is 24.6 Å². The van der Waals surface area contributed by atoms with Gasteiger partial charge in [0.1, 0.15) is 13.2 Å². The number of ether oxygens (including phenoxy) is 1. The van der Waals surface area contributed by atoms with Crippen LogP contribution in [0.3, 0.4) is 0 Å². The second-order valence-corrected chi connectivity index (χ2v) is 4.12. The lowest BCUT2D eigenvalue weighted by atomic mass is 10.1. The minimum absolute atomic E-state index is 0.0819. The van der Waals surface area contributed by atoms with Crippen molar-refractivity contribution in [2.75, 3.05) is 13.2 Å². The fourth-order valence-corrected chi connectivity index (χ4v) is 1.38. The zero-order valence-electron chi connectivity index (χ0n) is 11.2. The van der Waals surface area contributed by atoms with Crippen LogP contribution in [-0.4, -0.2) is 31.2 Å². The summed E-state index contributed by atoms with van der Waals surface area (Å²) < 4.78 is 40.3. The molecule has 0 atom stereocenters. The molecule has 4 nitrogen and oxygen atoms in total. The first-order chi connectivity index (χ1) is 9.80. The first-order valence-electron chi connectivity index (χ1n) is 6.03. The van der Waals surface area contributed by atoms with Crippen LogP contribution in [0.15, 0.2) is 36.4 Å². The summed E-state index contributed by atoms with van der Waals surface area (Å²) >= 11 is 0. The van der Waals surface area contributed by atoms with Crippen LogP contribution in [0.2, 0.25) is 0 Å². The molecule has 1 rings (SSSR count). The number of benzene rings is 1. The van der Waals surface area contributed by atoms with Crippen LogP contribution in [-0.2, 0) is 14.3 Å². The van der Waals surface area contributed by atoms with E-state index in [0.29, 0.717) is 0 Å². The van der Waals surface area contributed by atoms with Gasteiger partial charge in [-0.05, 0) is 24.1 Å². The number of hydrogen-bond donors (Lipinski definition) is 1. The molecular weight excluding hydrogens is 287 g/mol. The highest BCUT2D eigenvalue weighted by Gasteiger charge is 2.38. The summed E-state index contributed by atoms with van der Waals surface area (Å²) in [4.78, 5) is 21.6. The number of nitrogens with one attached hydrogen (secondary N) is 1. The number of alkyl halides is 3. The largest absolute Gasteiger partial charge is 0.471 e. The quantitative estimate of drug-likeness (QED) is 0.849. The molecule has 0 fully saturated rings. The highest BCUT2D eigenvalue weighted by Crippen LogP contribution is 2.14. The number of carbonyl (C=O) groups is 2. The maximum absolute atomic E-state index is 11.9. The number of esters is 1. The van der Waals surface area contributed by atoms with E-state index in [9.17, 15) is 22.8 Å². The molecule has 0 aromatic heterocycles. The summed E-state index contributed by atoms with van der Waals surface area (Å²) in [7, 11) is 0. The summed E-state index contributed by atoms with van der Waals surface area (Å²) in [5.41, 5.74) is 1.81. The van der Waals surface area contributed by atoms with Crippen molar-refractivity contribution in [2.24, 2.45) is 0 Å². The van der Waals surface area contributed by atoms with Gasteiger partial charge in [0.05, 0.1) is 0 Å². The molecule has 0 heterocycles. The SMILES string of the molecule is C/C(=C\COC(=O)CNC(=O)C(F)(F)F)c1ccccc1. The third kappa shape index (κ3) is 6.11. The molecule has 21 heavy (non-hydrogen) atoms. The lowest BCUT2D eigenvalue weighted by molar-refractivity contribution is -0.174. The van der Waals surface area contributed by atoms with Gasteiger partial charge in [-0.3, -0.25) is 9.59 Å². The van der Waals surface area contributed by atoms with Crippen LogP contribution < -0.4 is 5.32 Å². The molecule has 1 amide bonds. The van der Waals surface area contributed by atoms with Gasteiger partial charge in [0.25, 0.3) is 0 Å². The third-order valence-electron chi connectivity index (χ3n) is 2.51. The van der Waals surface area contributed by atoms with Gasteiger partial charge in [-0.2, -0.15) is 13.2 Å². The van der Waals surface area contributed by atoms with E-state index >= 15 is 0 Å². The van der Waals surface area contributed by atoms with Crippen LogP contribution >= 0.6 is 0 Å². The monoisotopic (exact) mass is 301 g/mol. The minimum Gasteiger partial charge on any atom is -0.460 e. The van der Waals surface area contributed by atoms with Crippen molar-refractivity contribution in [3.05, 3.63) is 42.0 Å². The maximum Gasteiger partial charge on any atom is 0.471 e. The molecule has 0 spiro atoms. The third-order valence-corrected chi connectivity index (χ3v) is 2.51. The Morgan fingerprint density at radius 1 is 1.24 bits per heavy atom. The Morgan fingerprint density at radius 2 is 1.86 bits per heavy atom. The average molecular weight is 301 g/mol. The normalized spacial score (nSPS) is 11.9. The molecule has 0 radical (unpaired) electrons. The molecule has 1 aromatic rings. The van der Waals surface area contributed by atoms with E-state index in [-0.39, 0.29) is 6.61 Å². The molecule has 1 aromatic carbocycles. The smallest absolute Gasteiger partial charge is 0.460 e. The summed E-state index contributed by atoms with van der Waals surface area (Å²) in [6.07, 6.45) is -3.39. The van der Waals surface area contributed by atoms with Crippen LogP contribution in [0.25, 0.3) is 5.57 Å². The predicted octanol–water partition coefficient (Wildman–Crippen LogP) is 2.31. The standard InChI is InChI=1S/C14H14F3NO3/c1-10(11-5-3-2-4-6-11)7-8-21-12(19)9-18-13(20)14(15,16)17/h2-7H,8-9H2,1H3,(H,18,20)/b10-7+. The zero-order valence-corrected chi connectivity index (χ0v) is 11.2. The molecular formula is C14H14F3NO3. The minimum atomic E-state index is -5.01. The van der Waals surface area contributed by atoms with Crippen LogP contribution in [0.5, 0.6) is 0 Å². The second kappa shape index (κ2) is 7.47. The average Bonchev–Trinajstić information content (AvgIpc) is 2.44. The van der Waals surface area contributed by atoms with Gasteiger partial charge >= 0.3 is 18.1 Å². The molecule has 0 aliphatic heterocycles. The van der Waals surface area contributed by atoms with Gasteiger partial charge in [0, 0.05) is 0 Å². The van der Waals surface area contributed by atoms with E-state index in [4.69, 9.17) is 4.74 Å². The fraction of sp³-hybridized carbons (Fsp3) is 0.286. The molecule has 7 heteroatoms. The van der Waals surface area contributed by atoms with Crippen LogP contribution in [0.4, 0.5) is 13.2 Å². The summed E-state index contributed by atoms with van der Waals surface area (Å²) in [5.74, 6) is -3.11. The second-order valence-electron chi connectivity index (χ2n) is 4.12. The van der Waals surface area contributed by atoms with E-state index in [1.807, 2.05) is 37.3 Å². The Hall–Kier alpha value is -2.31. The predicted molar refractivity (Wildman–Crippen MR) is 70.1 cm³/mol. The van der Waals surface area contributed by atoms with E-state index in [2.05, 4.69) is 0 Å². The summed E-state index contributed by atoms with van der Waals surface area (Å²) in [5, 5.41) is 1.43. The molecule has 1 N–H and O–H groups in total. The molecule has 0 aliphatic rings. The molecule has 0 aliphatic carbocycles. The van der Waals surface area contributed by atoms with E-state index in [1.165, 1.54) is 5.32 Å². The van der Waals surface area contributed by atoms with Crippen LogP contribution in [0.1, 0.15) is 12.5 Å². The van der Waals surface area contributed by atoms with Gasteiger partial charge in [0.2, 0.25) is 0 Å². The Kier molecular flexibility index (Phi) is 5.95. The maximum atomic E-state index is 11.9. The van der Waals surface area contributed by atoms with Gasteiger partial charge in [0.15, 0.2) is 0 Å². The number of hydrogen-bond acceptors (Lipinski definition) is 3. The Labute approximate surface area is 119 Å². The molecule has 0 saturated carbocycles. The van der Waals surface area contributed by atoms with Crippen molar-refractivity contribution in [3.63, 3.8) is 0 Å². The van der Waals surface area contributed by atoms with Crippen molar-refractivity contribution in [1.82, 2.24) is 5.32 Å². The van der Waals surface area contributed by atoms with Gasteiger partial charge < -0.3 is 10.1 Å². The first kappa shape index (κ1) is 16.7. The van der Waals surface area contributed by atoms with Gasteiger partial charge in [-0.1, -0.05) is 30.3 Å². The summed E-state index contributed by atoms with van der Waals surface area (Å²) in [6.45, 7) is 0.909. The molecule has 114 valence electrons. The van der Waals surface area contributed by atoms with E-state index in [0.717, 1.165) is 11.1 Å². The van der Waals surface area contributed by atoms with Crippen molar-refractivity contribution in [1.29, 1.82) is 0 Å². The Bertz CT molecular complexity index is 524. The Morgan fingerprint density at radius 3 is 2.43 bits per heavy atom. The Balaban J connectivity index is 2.36. The van der Waals surface area contributed by atoms with Crippen molar-refractivity contribution < 1.29 is 27.5 Å². The van der Waals surface area contributed by atoms with Gasteiger partial charge in [-0.15, -0.1) is 0 Å². The topological polar surface area (TPSA) is 55.4 Å². The van der Waals surface area contributed by atoms with Crippen LogP contribution in [0, 0.1) is 0 Å². The van der Waals surface area contributed by atoms with Crippen molar-refractivity contribution in [2.45, 2.75) is 13.1 Å². The number of halogens is 3. The highest BCUT2D eigenvalue weighted by molar-refractivity contribution is 5.85. The summed E-state index contributed by atoms with van der Waals surface area (Å²) in [6, 6.07) is 9.31. The first-order valence-corrected chi connectivity index (χ1v) is 6.03. The van der Waals surface area contributed by atoms with Crippen molar-refractivity contribution in [3.8, 4) is 0 Å². The van der Waals surface area contributed by atoms with E-state index in [1.54, 1.807) is 6.08 Å². The van der Waals surface area contributed by atoms with Gasteiger partial charge in [-0.25, -0.2) is 0 Å². The lowest BCUT2D eigenvalue weighted by Crippen LogP contribution is -2.40. The fourth-order valence-electron chi connectivity index (χ4n) is 1.38. The number of carbonyl (C=O) groups excluding carboxylic acids is 2. The lowest BCUT2D eigenvalue weighted by Gasteiger charge is -2.07.